The van der Waals surface area contributed by atoms with Gasteiger partial charge >= 0.3 is 0 Å². The fourth-order valence-corrected chi connectivity index (χ4v) is 2.16. The van der Waals surface area contributed by atoms with E-state index in [9.17, 15) is 4.79 Å². The Labute approximate surface area is 132 Å². The molecule has 0 radical (unpaired) electrons. The smallest absolute Gasteiger partial charge is 0.291 e. The molecule has 1 aromatic heterocycles. The van der Waals surface area contributed by atoms with Crippen molar-refractivity contribution >= 4 is 17.5 Å². The van der Waals surface area contributed by atoms with Crippen LogP contribution in [0.2, 0.25) is 5.28 Å². The van der Waals surface area contributed by atoms with Crippen LogP contribution in [0, 0.1) is 0 Å². The number of rotatable bonds is 3. The highest BCUT2D eigenvalue weighted by molar-refractivity contribution is 6.28. The van der Waals surface area contributed by atoms with Gasteiger partial charge in [-0.25, -0.2) is 4.68 Å². The minimum absolute atomic E-state index is 0.0434. The first-order valence-electron chi connectivity index (χ1n) is 6.87. The van der Waals surface area contributed by atoms with Crippen molar-refractivity contribution in [1.82, 2.24) is 20.1 Å². The Morgan fingerprint density at radius 1 is 1.36 bits per heavy atom. The number of aromatic nitrogens is 3. The van der Waals surface area contributed by atoms with Crippen LogP contribution in [0.15, 0.2) is 18.2 Å². The van der Waals surface area contributed by atoms with Crippen LogP contribution in [0.4, 0.5) is 0 Å². The summed E-state index contributed by atoms with van der Waals surface area (Å²) in [6.45, 7) is 1.61. The zero-order chi connectivity index (χ0) is 15.5. The van der Waals surface area contributed by atoms with Crippen molar-refractivity contribution in [2.24, 2.45) is 7.05 Å². The number of ether oxygens (including phenoxy) is 2. The SMILES string of the molecule is Cn1nc(C(=O)NCc2ccc3c(c2)OCCCO3)nc1Cl. The van der Waals surface area contributed by atoms with Gasteiger partial charge in [0.2, 0.25) is 11.1 Å². The molecule has 1 amide bonds. The molecule has 0 fully saturated rings. The van der Waals surface area contributed by atoms with Crippen molar-refractivity contribution in [3.63, 3.8) is 0 Å². The van der Waals surface area contributed by atoms with Crippen molar-refractivity contribution in [1.29, 1.82) is 0 Å². The summed E-state index contributed by atoms with van der Waals surface area (Å²) in [7, 11) is 1.62. The molecule has 0 atom stereocenters. The van der Waals surface area contributed by atoms with Gasteiger partial charge in [-0.05, 0) is 29.3 Å². The second kappa shape index (κ2) is 6.23. The Balaban J connectivity index is 1.66. The third-order valence-electron chi connectivity index (χ3n) is 3.18. The van der Waals surface area contributed by atoms with Crippen molar-refractivity contribution in [2.75, 3.05) is 13.2 Å². The summed E-state index contributed by atoms with van der Waals surface area (Å²) in [6, 6.07) is 5.59. The van der Waals surface area contributed by atoms with Gasteiger partial charge in [-0.1, -0.05) is 6.07 Å². The number of hydrogen-bond acceptors (Lipinski definition) is 5. The summed E-state index contributed by atoms with van der Waals surface area (Å²) in [6.07, 6.45) is 0.854. The summed E-state index contributed by atoms with van der Waals surface area (Å²) in [5.74, 6) is 1.09. The van der Waals surface area contributed by atoms with Gasteiger partial charge in [0.1, 0.15) is 0 Å². The van der Waals surface area contributed by atoms with Gasteiger partial charge in [0.25, 0.3) is 5.91 Å². The van der Waals surface area contributed by atoms with E-state index in [1.165, 1.54) is 4.68 Å². The normalized spacial score (nSPS) is 13.5. The Hall–Kier alpha value is -2.28. The zero-order valence-corrected chi connectivity index (χ0v) is 12.8. The van der Waals surface area contributed by atoms with Crippen LogP contribution in [-0.4, -0.2) is 33.9 Å². The lowest BCUT2D eigenvalue weighted by Gasteiger charge is -2.09. The second-order valence-electron chi connectivity index (χ2n) is 4.84. The molecular weight excluding hydrogens is 308 g/mol. The first-order valence-corrected chi connectivity index (χ1v) is 7.24. The Kier molecular flexibility index (Phi) is 4.15. The number of carbonyl (C=O) groups excluding carboxylic acids is 1. The molecule has 0 spiro atoms. The lowest BCUT2D eigenvalue weighted by Crippen LogP contribution is -2.24. The largest absolute Gasteiger partial charge is 0.490 e. The van der Waals surface area contributed by atoms with Crippen molar-refractivity contribution < 1.29 is 14.3 Å². The van der Waals surface area contributed by atoms with Crippen molar-refractivity contribution in [2.45, 2.75) is 13.0 Å². The summed E-state index contributed by atoms with van der Waals surface area (Å²) in [4.78, 5) is 15.8. The molecule has 7 nitrogen and oxygen atoms in total. The van der Waals surface area contributed by atoms with Crippen LogP contribution in [0.25, 0.3) is 0 Å². The standard InChI is InChI=1S/C14H15ClN4O3/c1-19-14(15)17-12(18-19)13(20)16-8-9-3-4-10-11(7-9)22-6-2-5-21-10/h3-4,7H,2,5-6,8H2,1H3,(H,16,20). The van der Waals surface area contributed by atoms with E-state index in [4.69, 9.17) is 21.1 Å². The van der Waals surface area contributed by atoms with E-state index in [2.05, 4.69) is 15.4 Å². The number of aryl methyl sites for hydroxylation is 1. The molecule has 0 bridgehead atoms. The van der Waals surface area contributed by atoms with E-state index < -0.39 is 0 Å². The number of carbonyl (C=O) groups is 1. The Bertz CT molecular complexity index is 682. The highest BCUT2D eigenvalue weighted by Gasteiger charge is 2.14. The van der Waals surface area contributed by atoms with E-state index in [1.54, 1.807) is 7.05 Å². The number of benzene rings is 1. The molecule has 116 valence electrons. The van der Waals surface area contributed by atoms with Crippen LogP contribution < -0.4 is 14.8 Å². The molecule has 1 aliphatic heterocycles. The molecule has 8 heteroatoms. The average molecular weight is 323 g/mol. The average Bonchev–Trinajstić information content (AvgIpc) is 2.73. The molecule has 1 aromatic carbocycles. The molecule has 0 unspecified atom stereocenters. The summed E-state index contributed by atoms with van der Waals surface area (Å²) < 4.78 is 12.5. The van der Waals surface area contributed by atoms with Crippen molar-refractivity contribution in [3.05, 3.63) is 34.9 Å². The topological polar surface area (TPSA) is 78.3 Å². The van der Waals surface area contributed by atoms with Crippen molar-refractivity contribution in [3.8, 4) is 11.5 Å². The Morgan fingerprint density at radius 3 is 2.86 bits per heavy atom. The summed E-state index contributed by atoms with van der Waals surface area (Å²) >= 11 is 5.76. The third kappa shape index (κ3) is 3.14. The van der Waals surface area contributed by atoms with E-state index in [1.807, 2.05) is 18.2 Å². The monoisotopic (exact) mass is 322 g/mol. The van der Waals surface area contributed by atoms with E-state index in [0.717, 1.165) is 17.7 Å². The maximum Gasteiger partial charge on any atom is 0.291 e. The van der Waals surface area contributed by atoms with Crippen LogP contribution in [0.1, 0.15) is 22.6 Å². The van der Waals surface area contributed by atoms with Crippen LogP contribution in [-0.2, 0) is 13.6 Å². The molecule has 1 N–H and O–H groups in total. The highest BCUT2D eigenvalue weighted by atomic mass is 35.5. The summed E-state index contributed by atoms with van der Waals surface area (Å²) in [5.41, 5.74) is 0.902. The minimum Gasteiger partial charge on any atom is -0.490 e. The van der Waals surface area contributed by atoms with Gasteiger partial charge in [-0.3, -0.25) is 4.79 Å². The van der Waals surface area contributed by atoms with Crippen LogP contribution >= 0.6 is 11.6 Å². The first-order chi connectivity index (χ1) is 10.6. The van der Waals surface area contributed by atoms with Gasteiger partial charge < -0.3 is 14.8 Å². The predicted octanol–water partition coefficient (Wildman–Crippen LogP) is 1.56. The number of hydrogen-bond donors (Lipinski definition) is 1. The number of nitrogens with one attached hydrogen (secondary N) is 1. The maximum atomic E-state index is 12.0. The Morgan fingerprint density at radius 2 is 2.14 bits per heavy atom. The minimum atomic E-state index is -0.380. The van der Waals surface area contributed by atoms with Gasteiger partial charge in [0.05, 0.1) is 13.2 Å². The number of nitrogens with zero attached hydrogens (tertiary/aromatic N) is 3. The molecule has 3 rings (SSSR count). The predicted molar refractivity (Wildman–Crippen MR) is 79.2 cm³/mol. The van der Waals surface area contributed by atoms with Crippen LogP contribution in [0.5, 0.6) is 11.5 Å². The van der Waals surface area contributed by atoms with Crippen LogP contribution in [0.3, 0.4) is 0 Å². The highest BCUT2D eigenvalue weighted by Crippen LogP contribution is 2.30. The van der Waals surface area contributed by atoms with Gasteiger partial charge in [-0.2, -0.15) is 4.98 Å². The second-order valence-corrected chi connectivity index (χ2v) is 5.18. The molecule has 2 heterocycles. The maximum absolute atomic E-state index is 12.0. The summed E-state index contributed by atoms with van der Waals surface area (Å²) in [5, 5.41) is 6.84. The van der Waals surface area contributed by atoms with Gasteiger partial charge in [0.15, 0.2) is 11.5 Å². The molecule has 0 saturated heterocycles. The molecular formula is C14H15ClN4O3. The van der Waals surface area contributed by atoms with Gasteiger partial charge in [-0.15, -0.1) is 5.10 Å². The third-order valence-corrected chi connectivity index (χ3v) is 3.51. The quantitative estimate of drug-likeness (QED) is 0.927. The molecule has 1 aliphatic rings. The first kappa shape index (κ1) is 14.6. The fraction of sp³-hybridized carbons (Fsp3) is 0.357. The van der Waals surface area contributed by atoms with E-state index in [0.29, 0.717) is 25.5 Å². The molecule has 0 aliphatic carbocycles. The molecule has 22 heavy (non-hydrogen) atoms. The lowest BCUT2D eigenvalue weighted by atomic mass is 10.2. The van der Waals surface area contributed by atoms with E-state index in [-0.39, 0.29) is 17.0 Å². The molecule has 0 saturated carbocycles. The van der Waals surface area contributed by atoms with Gasteiger partial charge in [0, 0.05) is 20.0 Å². The number of halogens is 1. The number of amides is 1. The van der Waals surface area contributed by atoms with E-state index >= 15 is 0 Å². The lowest BCUT2D eigenvalue weighted by molar-refractivity contribution is 0.0940. The molecule has 2 aromatic rings. The fourth-order valence-electron chi connectivity index (χ4n) is 2.04. The zero-order valence-electron chi connectivity index (χ0n) is 12.0. The number of fused-ring (bicyclic) bond motifs is 1.